The number of rotatable bonds is 9. The summed E-state index contributed by atoms with van der Waals surface area (Å²) in [6.45, 7) is 4.14. The molecule has 180 valence electrons. The van der Waals surface area contributed by atoms with E-state index in [0.29, 0.717) is 17.9 Å². The first kappa shape index (κ1) is 26.0. The van der Waals surface area contributed by atoms with Crippen molar-refractivity contribution >= 4 is 63.6 Å². The van der Waals surface area contributed by atoms with E-state index in [9.17, 15) is 14.4 Å². The lowest BCUT2D eigenvalue weighted by molar-refractivity contribution is -0.234. The summed E-state index contributed by atoms with van der Waals surface area (Å²) >= 11 is 7.87. The number of nitrogens with zero attached hydrogens (tertiary/aromatic N) is 2. The quantitative estimate of drug-likeness (QED) is 0.156. The van der Waals surface area contributed by atoms with E-state index >= 15 is 0 Å². The van der Waals surface area contributed by atoms with Crippen LogP contribution in [0.3, 0.4) is 0 Å². The highest BCUT2D eigenvalue weighted by atomic mass is 32.2. The Morgan fingerprint density at radius 2 is 1.97 bits per heavy atom. The number of aryl methyl sites for hydroxylation is 1. The number of aliphatic carboxylic acids is 1. The number of carbonyl (C=O) groups is 3. The average Bonchev–Trinajstić information content (AvgIpc) is 3.25. The van der Waals surface area contributed by atoms with Crippen molar-refractivity contribution in [3.63, 3.8) is 0 Å². The molecule has 11 heteroatoms. The minimum atomic E-state index is -1.11. The molecule has 1 aromatic rings. The third-order valence-corrected chi connectivity index (χ3v) is 7.51. The van der Waals surface area contributed by atoms with Gasteiger partial charge in [0, 0.05) is 17.9 Å². The molecule has 1 saturated heterocycles. The van der Waals surface area contributed by atoms with Crippen LogP contribution in [0, 0.1) is 6.92 Å². The zero-order valence-corrected chi connectivity index (χ0v) is 21.1. The number of hydrogen-bond donors (Lipinski definition) is 2. The van der Waals surface area contributed by atoms with Crippen molar-refractivity contribution in [3.8, 4) is 0 Å². The maximum Gasteiger partial charge on any atom is 0.342 e. The summed E-state index contributed by atoms with van der Waals surface area (Å²) in [6, 6.07) is 6.25. The van der Waals surface area contributed by atoms with E-state index in [1.165, 1.54) is 0 Å². The van der Waals surface area contributed by atoms with E-state index in [-0.39, 0.29) is 10.7 Å². The number of carboxylic acids is 1. The molecule has 2 heterocycles. The Labute approximate surface area is 211 Å². The Bertz CT molecular complexity index is 1110. The number of anilines is 1. The molecule has 2 N–H and O–H groups in total. The minimum Gasteiger partial charge on any atom is -0.480 e. The molecule has 0 spiro atoms. The van der Waals surface area contributed by atoms with Crippen molar-refractivity contribution < 1.29 is 29.6 Å². The second kappa shape index (κ2) is 11.7. The fraction of sp³-hybridized carbons (Fsp3) is 0.304. The number of fused-ring (bicyclic) bond motifs is 1. The molecule has 1 amide bonds. The van der Waals surface area contributed by atoms with Crippen LogP contribution in [0.5, 0.6) is 0 Å². The lowest BCUT2D eigenvalue weighted by Gasteiger charge is -2.20. The summed E-state index contributed by atoms with van der Waals surface area (Å²) in [5.41, 5.74) is 3.07. The van der Waals surface area contributed by atoms with Gasteiger partial charge in [0.25, 0.3) is 5.91 Å². The molecule has 0 radical (unpaired) electrons. The molecule has 2 aliphatic heterocycles. The fourth-order valence-corrected chi connectivity index (χ4v) is 5.88. The molecule has 1 fully saturated rings. The maximum atomic E-state index is 12.5. The fourth-order valence-electron chi connectivity index (χ4n) is 3.38. The Balaban J connectivity index is 1.76. The van der Waals surface area contributed by atoms with Gasteiger partial charge in [0.05, 0.1) is 15.6 Å². The predicted molar refractivity (Wildman–Crippen MR) is 136 cm³/mol. The minimum absolute atomic E-state index is 0.149. The number of unbranched alkanes of at least 4 members (excludes halogenated alkanes) is 1. The highest BCUT2D eigenvalue weighted by molar-refractivity contribution is 8.26. The van der Waals surface area contributed by atoms with Crippen molar-refractivity contribution in [2.45, 2.75) is 38.0 Å². The molecule has 0 bridgehead atoms. The van der Waals surface area contributed by atoms with Crippen LogP contribution < -0.4 is 4.90 Å². The van der Waals surface area contributed by atoms with Crippen LogP contribution in [-0.4, -0.2) is 50.5 Å². The lowest BCUT2D eigenvalue weighted by atomic mass is 10.2. The third kappa shape index (κ3) is 6.50. The monoisotopic (exact) mass is 520 g/mol. The zero-order chi connectivity index (χ0) is 24.8. The van der Waals surface area contributed by atoms with E-state index < -0.39 is 24.4 Å². The van der Waals surface area contributed by atoms with Gasteiger partial charge in [0.15, 0.2) is 0 Å². The van der Waals surface area contributed by atoms with Gasteiger partial charge in [-0.3, -0.25) is 14.5 Å². The molecular formula is C23H24N2O6S3. The predicted octanol–water partition coefficient (Wildman–Crippen LogP) is 4.71. The molecule has 0 saturated carbocycles. The molecule has 0 aromatic heterocycles. The number of allylic oxidation sites excluding steroid dienone is 4. The molecular weight excluding hydrogens is 496 g/mol. The number of thiocarbonyl (C=S) groups is 1. The summed E-state index contributed by atoms with van der Waals surface area (Å²) in [4.78, 5) is 43.1. The Morgan fingerprint density at radius 3 is 2.68 bits per heavy atom. The molecule has 0 aliphatic carbocycles. The van der Waals surface area contributed by atoms with E-state index in [4.69, 9.17) is 22.6 Å². The van der Waals surface area contributed by atoms with Crippen LogP contribution in [0.25, 0.3) is 0 Å². The van der Waals surface area contributed by atoms with Gasteiger partial charge in [0.2, 0.25) is 0 Å². The third-order valence-electron chi connectivity index (χ3n) is 5.02. The van der Waals surface area contributed by atoms with Gasteiger partial charge in [-0.05, 0) is 62.1 Å². The molecule has 0 unspecified atom stereocenters. The molecule has 8 nitrogen and oxygen atoms in total. The highest BCUT2D eigenvalue weighted by Gasteiger charge is 2.33. The number of carbonyl (C=O) groups excluding carboxylic acids is 2. The number of carboxylic acid groups (broad SMARTS) is 1. The lowest BCUT2D eigenvalue weighted by Crippen LogP contribution is -2.33. The summed E-state index contributed by atoms with van der Waals surface area (Å²) in [6.07, 6.45) is 7.06. The van der Waals surface area contributed by atoms with Crippen molar-refractivity contribution in [2.24, 2.45) is 0 Å². The molecule has 3 rings (SSSR count). The standard InChI is InChI=1S/C23H24N2O6S3/c1-14-6-8-16-17(11-14)33-19(24(16)10-4-3-5-21(28)31-30)9-7-15(2)12-18-22(29)25(13-20(26)27)23(32)34-18/h6-9,11-12,30H,3-5,10,13H2,1-2H3,(H,26,27)/b15-7+,18-12+,19-9-. The Hall–Kier alpha value is -2.60. The largest absolute Gasteiger partial charge is 0.480 e. The first-order valence-electron chi connectivity index (χ1n) is 10.5. The van der Waals surface area contributed by atoms with Crippen LogP contribution in [-0.2, 0) is 19.3 Å². The summed E-state index contributed by atoms with van der Waals surface area (Å²) < 4.78 is 0.234. The van der Waals surface area contributed by atoms with Crippen LogP contribution >= 0.6 is 35.7 Å². The van der Waals surface area contributed by atoms with Crippen molar-refractivity contribution in [3.05, 3.63) is 57.5 Å². The van der Waals surface area contributed by atoms with Crippen LogP contribution in [0.15, 0.2) is 56.8 Å². The van der Waals surface area contributed by atoms with Crippen molar-refractivity contribution in [1.29, 1.82) is 0 Å². The van der Waals surface area contributed by atoms with Crippen LogP contribution in [0.1, 0.15) is 31.7 Å². The number of hydrogen-bond acceptors (Lipinski definition) is 9. The summed E-state index contributed by atoms with van der Waals surface area (Å²) in [7, 11) is 0. The van der Waals surface area contributed by atoms with Gasteiger partial charge < -0.3 is 14.9 Å². The first-order chi connectivity index (χ1) is 16.2. The molecule has 1 aromatic carbocycles. The summed E-state index contributed by atoms with van der Waals surface area (Å²) in [5.74, 6) is -2.16. The van der Waals surface area contributed by atoms with E-state index in [0.717, 1.165) is 49.8 Å². The topological polar surface area (TPSA) is 107 Å². The van der Waals surface area contributed by atoms with Crippen molar-refractivity contribution in [2.75, 3.05) is 18.0 Å². The maximum absolute atomic E-state index is 12.5. The van der Waals surface area contributed by atoms with E-state index in [1.807, 2.05) is 26.0 Å². The van der Waals surface area contributed by atoms with E-state index in [2.05, 4.69) is 28.0 Å². The second-order valence-corrected chi connectivity index (χ2v) is 10.5. The molecule has 0 atom stereocenters. The molecule has 34 heavy (non-hydrogen) atoms. The molecule has 2 aliphatic rings. The van der Waals surface area contributed by atoms with Gasteiger partial charge >= 0.3 is 11.9 Å². The van der Waals surface area contributed by atoms with Gasteiger partial charge in [-0.25, -0.2) is 4.79 Å². The summed E-state index contributed by atoms with van der Waals surface area (Å²) in [5, 5.41) is 18.4. The van der Waals surface area contributed by atoms with Gasteiger partial charge in [-0.2, -0.15) is 5.26 Å². The first-order valence-corrected chi connectivity index (χ1v) is 12.5. The van der Waals surface area contributed by atoms with Gasteiger partial charge in [-0.15, -0.1) is 0 Å². The second-order valence-electron chi connectivity index (χ2n) is 7.72. The average molecular weight is 521 g/mol. The van der Waals surface area contributed by atoms with Gasteiger partial charge in [-0.1, -0.05) is 47.9 Å². The number of thioether (sulfide) groups is 2. The number of benzene rings is 1. The zero-order valence-electron chi connectivity index (χ0n) is 18.6. The van der Waals surface area contributed by atoms with Crippen LogP contribution in [0.2, 0.25) is 0 Å². The van der Waals surface area contributed by atoms with Crippen LogP contribution in [0.4, 0.5) is 5.69 Å². The highest BCUT2D eigenvalue weighted by Crippen LogP contribution is 2.46. The normalized spacial score (nSPS) is 18.3. The Morgan fingerprint density at radius 1 is 1.21 bits per heavy atom. The number of amides is 1. The SMILES string of the molecule is CC(=C\C=C1/Sc2cc(C)ccc2N1CCCCC(=O)OO)/C=C1/SC(=S)N(CC(=O)O)C1=O. The van der Waals surface area contributed by atoms with Crippen molar-refractivity contribution in [1.82, 2.24) is 4.90 Å². The van der Waals surface area contributed by atoms with Gasteiger partial charge in [0.1, 0.15) is 10.9 Å². The smallest absolute Gasteiger partial charge is 0.342 e. The Kier molecular flexibility index (Phi) is 8.95. The van der Waals surface area contributed by atoms with E-state index in [1.54, 1.807) is 17.8 Å².